The fourth-order valence-corrected chi connectivity index (χ4v) is 1.18. The summed E-state index contributed by atoms with van der Waals surface area (Å²) in [5.74, 6) is 1.90. The quantitative estimate of drug-likeness (QED) is 0.793. The Labute approximate surface area is 85.1 Å². The number of nitrogen functional groups attached to an aromatic ring is 1. The van der Waals surface area contributed by atoms with Crippen LogP contribution in [-0.2, 0) is 0 Å². The van der Waals surface area contributed by atoms with Gasteiger partial charge in [0.25, 0.3) is 0 Å². The van der Waals surface area contributed by atoms with E-state index in [0.29, 0.717) is 17.8 Å². The van der Waals surface area contributed by atoms with E-state index in [0.717, 1.165) is 5.82 Å². The second-order valence-electron chi connectivity index (χ2n) is 3.91. The number of anilines is 2. The molecule has 4 heteroatoms. The van der Waals surface area contributed by atoms with Gasteiger partial charge in [-0.15, -0.1) is 10.2 Å². The van der Waals surface area contributed by atoms with Crippen molar-refractivity contribution in [1.82, 2.24) is 10.2 Å². The highest BCUT2D eigenvalue weighted by Gasteiger charge is 2.14. The number of hydrogen-bond acceptors (Lipinski definition) is 4. The summed E-state index contributed by atoms with van der Waals surface area (Å²) >= 11 is 0. The number of rotatable bonds is 3. The van der Waals surface area contributed by atoms with Crippen LogP contribution in [0.1, 0.15) is 20.8 Å². The molecule has 1 aromatic heterocycles. The Kier molecular flexibility index (Phi) is 3.28. The second kappa shape index (κ2) is 4.26. The van der Waals surface area contributed by atoms with E-state index in [4.69, 9.17) is 5.73 Å². The summed E-state index contributed by atoms with van der Waals surface area (Å²) in [7, 11) is 2.02. The third-order valence-corrected chi connectivity index (χ3v) is 2.61. The van der Waals surface area contributed by atoms with E-state index in [1.165, 1.54) is 0 Å². The van der Waals surface area contributed by atoms with E-state index in [1.807, 2.05) is 13.1 Å². The third-order valence-electron chi connectivity index (χ3n) is 2.61. The first-order valence-electron chi connectivity index (χ1n) is 4.84. The molecule has 0 aromatic carbocycles. The summed E-state index contributed by atoms with van der Waals surface area (Å²) < 4.78 is 0. The van der Waals surface area contributed by atoms with Gasteiger partial charge in [0.05, 0.1) is 0 Å². The van der Waals surface area contributed by atoms with Gasteiger partial charge in [0.1, 0.15) is 5.82 Å². The van der Waals surface area contributed by atoms with Crippen molar-refractivity contribution in [3.63, 3.8) is 0 Å². The summed E-state index contributed by atoms with van der Waals surface area (Å²) in [6.45, 7) is 6.54. The van der Waals surface area contributed by atoms with Crippen LogP contribution in [0, 0.1) is 5.92 Å². The zero-order valence-corrected chi connectivity index (χ0v) is 9.23. The standard InChI is InChI=1S/C10H18N4/c1-7(2)8(3)14(4)10-6-5-9(11)12-13-10/h5-8H,1-4H3,(H2,11,12). The van der Waals surface area contributed by atoms with Crippen molar-refractivity contribution in [3.05, 3.63) is 12.1 Å². The zero-order chi connectivity index (χ0) is 10.7. The van der Waals surface area contributed by atoms with E-state index in [2.05, 4.69) is 35.9 Å². The van der Waals surface area contributed by atoms with Gasteiger partial charge in [0, 0.05) is 13.1 Å². The van der Waals surface area contributed by atoms with E-state index in [1.54, 1.807) is 6.07 Å². The second-order valence-corrected chi connectivity index (χ2v) is 3.91. The Morgan fingerprint density at radius 2 is 1.86 bits per heavy atom. The Bertz CT molecular complexity index is 281. The van der Waals surface area contributed by atoms with E-state index in [9.17, 15) is 0 Å². The smallest absolute Gasteiger partial charge is 0.151 e. The third kappa shape index (κ3) is 2.34. The maximum atomic E-state index is 5.47. The average Bonchev–Trinajstić information content (AvgIpc) is 2.16. The Morgan fingerprint density at radius 1 is 1.21 bits per heavy atom. The number of nitrogens with zero attached hydrogens (tertiary/aromatic N) is 3. The normalized spacial score (nSPS) is 12.9. The largest absolute Gasteiger partial charge is 0.382 e. The minimum Gasteiger partial charge on any atom is -0.382 e. The molecule has 0 aliphatic carbocycles. The molecule has 1 unspecified atom stereocenters. The molecule has 1 atom stereocenters. The van der Waals surface area contributed by atoms with Gasteiger partial charge in [0.2, 0.25) is 0 Å². The Balaban J connectivity index is 2.78. The van der Waals surface area contributed by atoms with Crippen LogP contribution < -0.4 is 10.6 Å². The van der Waals surface area contributed by atoms with Crippen molar-refractivity contribution < 1.29 is 0 Å². The van der Waals surface area contributed by atoms with Crippen LogP contribution in [0.4, 0.5) is 11.6 Å². The van der Waals surface area contributed by atoms with Gasteiger partial charge in [-0.3, -0.25) is 0 Å². The molecule has 4 nitrogen and oxygen atoms in total. The van der Waals surface area contributed by atoms with Crippen molar-refractivity contribution in [3.8, 4) is 0 Å². The van der Waals surface area contributed by atoms with E-state index < -0.39 is 0 Å². The maximum absolute atomic E-state index is 5.47. The molecular formula is C10H18N4. The number of nitrogens with two attached hydrogens (primary N) is 1. The van der Waals surface area contributed by atoms with Crippen LogP contribution in [0.3, 0.4) is 0 Å². The van der Waals surface area contributed by atoms with Crippen molar-refractivity contribution in [2.75, 3.05) is 17.7 Å². The van der Waals surface area contributed by atoms with Gasteiger partial charge in [-0.05, 0) is 25.0 Å². The van der Waals surface area contributed by atoms with Gasteiger partial charge >= 0.3 is 0 Å². The van der Waals surface area contributed by atoms with Crippen LogP contribution in [-0.4, -0.2) is 23.3 Å². The molecule has 0 spiro atoms. The summed E-state index contributed by atoms with van der Waals surface area (Å²) in [6, 6.07) is 4.10. The average molecular weight is 194 g/mol. The monoisotopic (exact) mass is 194 g/mol. The number of aromatic nitrogens is 2. The molecule has 1 aromatic rings. The van der Waals surface area contributed by atoms with Gasteiger partial charge in [-0.1, -0.05) is 13.8 Å². The fourth-order valence-electron chi connectivity index (χ4n) is 1.18. The Morgan fingerprint density at radius 3 is 2.29 bits per heavy atom. The minimum absolute atomic E-state index is 0.438. The molecule has 1 heterocycles. The lowest BCUT2D eigenvalue weighted by molar-refractivity contribution is 0.501. The van der Waals surface area contributed by atoms with Crippen LogP contribution >= 0.6 is 0 Å². The molecule has 0 aliphatic rings. The van der Waals surface area contributed by atoms with Gasteiger partial charge < -0.3 is 10.6 Å². The van der Waals surface area contributed by atoms with Crippen molar-refractivity contribution in [1.29, 1.82) is 0 Å². The highest BCUT2D eigenvalue weighted by Crippen LogP contribution is 2.15. The molecule has 0 saturated heterocycles. The van der Waals surface area contributed by atoms with Crippen molar-refractivity contribution >= 4 is 11.6 Å². The Hall–Kier alpha value is -1.32. The van der Waals surface area contributed by atoms with Crippen LogP contribution in [0.15, 0.2) is 12.1 Å². The molecule has 0 amide bonds. The minimum atomic E-state index is 0.438. The van der Waals surface area contributed by atoms with E-state index in [-0.39, 0.29) is 0 Å². The maximum Gasteiger partial charge on any atom is 0.151 e. The predicted molar refractivity (Wildman–Crippen MR) is 59.1 cm³/mol. The first-order valence-corrected chi connectivity index (χ1v) is 4.84. The predicted octanol–water partition coefficient (Wildman–Crippen LogP) is 1.54. The van der Waals surface area contributed by atoms with E-state index >= 15 is 0 Å². The van der Waals surface area contributed by atoms with Crippen LogP contribution in [0.2, 0.25) is 0 Å². The highest BCUT2D eigenvalue weighted by atomic mass is 15.3. The van der Waals surface area contributed by atoms with Crippen LogP contribution in [0.5, 0.6) is 0 Å². The lowest BCUT2D eigenvalue weighted by Gasteiger charge is -2.28. The topological polar surface area (TPSA) is 55.0 Å². The lowest BCUT2D eigenvalue weighted by Crippen LogP contribution is -2.33. The molecular weight excluding hydrogens is 176 g/mol. The summed E-state index contributed by atoms with van der Waals surface area (Å²) in [4.78, 5) is 2.11. The molecule has 14 heavy (non-hydrogen) atoms. The molecule has 1 rings (SSSR count). The number of hydrogen-bond donors (Lipinski definition) is 1. The molecule has 0 bridgehead atoms. The molecule has 0 fully saturated rings. The lowest BCUT2D eigenvalue weighted by atomic mass is 10.1. The van der Waals surface area contributed by atoms with Gasteiger partial charge in [-0.25, -0.2) is 0 Å². The first kappa shape index (κ1) is 10.8. The summed E-state index contributed by atoms with van der Waals surface area (Å²) in [5, 5.41) is 7.86. The molecule has 2 N–H and O–H groups in total. The van der Waals surface area contributed by atoms with Crippen molar-refractivity contribution in [2.45, 2.75) is 26.8 Å². The first-order chi connectivity index (χ1) is 6.52. The molecule has 0 aliphatic heterocycles. The molecule has 78 valence electrons. The summed E-state index contributed by atoms with van der Waals surface area (Å²) in [5.41, 5.74) is 5.47. The fraction of sp³-hybridized carbons (Fsp3) is 0.600. The SMILES string of the molecule is CC(C)C(C)N(C)c1ccc(N)nn1. The van der Waals surface area contributed by atoms with Crippen molar-refractivity contribution in [2.24, 2.45) is 5.92 Å². The molecule has 0 radical (unpaired) electrons. The zero-order valence-electron chi connectivity index (χ0n) is 9.23. The summed E-state index contributed by atoms with van der Waals surface area (Å²) in [6.07, 6.45) is 0. The van der Waals surface area contributed by atoms with Gasteiger partial charge in [0.15, 0.2) is 5.82 Å². The van der Waals surface area contributed by atoms with Crippen LogP contribution in [0.25, 0.3) is 0 Å². The van der Waals surface area contributed by atoms with Gasteiger partial charge in [-0.2, -0.15) is 0 Å². The molecule has 0 saturated carbocycles. The highest BCUT2D eigenvalue weighted by molar-refractivity contribution is 5.41.